The molecule has 1 amide bonds. The third-order valence-electron chi connectivity index (χ3n) is 4.08. The molecular weight excluding hydrogens is 330 g/mol. The molecule has 3 nitrogen and oxygen atoms in total. The molecule has 0 spiro atoms. The van der Waals surface area contributed by atoms with Crippen molar-refractivity contribution in [3.05, 3.63) is 72.3 Å². The molecule has 0 aliphatic rings. The number of ether oxygens (including phenoxy) is 1. The SMILES string of the molecule is CSc1ccc(OCC(=O)N[C@@H](C)c2ccc3ccccc3c2)cc1. The van der Waals surface area contributed by atoms with Crippen molar-refractivity contribution in [2.75, 3.05) is 12.9 Å². The van der Waals surface area contributed by atoms with E-state index in [0.29, 0.717) is 5.75 Å². The third-order valence-corrected chi connectivity index (χ3v) is 4.82. The Hall–Kier alpha value is -2.46. The zero-order chi connectivity index (χ0) is 17.6. The molecule has 1 N–H and O–H groups in total. The average molecular weight is 351 g/mol. The largest absolute Gasteiger partial charge is 0.484 e. The second-order valence-corrected chi connectivity index (χ2v) is 6.74. The Balaban J connectivity index is 1.57. The summed E-state index contributed by atoms with van der Waals surface area (Å²) in [6.07, 6.45) is 2.03. The second kappa shape index (κ2) is 8.08. The Kier molecular flexibility index (Phi) is 5.61. The maximum absolute atomic E-state index is 12.1. The van der Waals surface area contributed by atoms with Crippen LogP contribution in [-0.2, 0) is 4.79 Å². The number of carbonyl (C=O) groups excluding carboxylic acids is 1. The zero-order valence-corrected chi connectivity index (χ0v) is 15.2. The lowest BCUT2D eigenvalue weighted by atomic mass is 10.0. The van der Waals surface area contributed by atoms with Crippen molar-refractivity contribution < 1.29 is 9.53 Å². The molecule has 25 heavy (non-hydrogen) atoms. The van der Waals surface area contributed by atoms with Crippen molar-refractivity contribution in [2.45, 2.75) is 17.9 Å². The molecule has 0 aromatic heterocycles. The first-order valence-electron chi connectivity index (χ1n) is 8.20. The van der Waals surface area contributed by atoms with E-state index in [1.54, 1.807) is 11.8 Å². The van der Waals surface area contributed by atoms with Crippen LogP contribution in [0.25, 0.3) is 10.8 Å². The monoisotopic (exact) mass is 351 g/mol. The lowest BCUT2D eigenvalue weighted by Gasteiger charge is -2.15. The summed E-state index contributed by atoms with van der Waals surface area (Å²) in [6.45, 7) is 1.99. The van der Waals surface area contributed by atoms with Gasteiger partial charge < -0.3 is 10.1 Å². The van der Waals surface area contributed by atoms with Crippen LogP contribution < -0.4 is 10.1 Å². The van der Waals surface area contributed by atoms with Gasteiger partial charge in [-0.15, -0.1) is 11.8 Å². The summed E-state index contributed by atoms with van der Waals surface area (Å²) in [6, 6.07) is 22.1. The molecule has 128 valence electrons. The number of amides is 1. The van der Waals surface area contributed by atoms with E-state index in [1.165, 1.54) is 15.7 Å². The lowest BCUT2D eigenvalue weighted by molar-refractivity contribution is -0.123. The molecule has 3 rings (SSSR count). The van der Waals surface area contributed by atoms with E-state index in [9.17, 15) is 4.79 Å². The topological polar surface area (TPSA) is 38.3 Å². The standard InChI is InChI=1S/C21H21NO2S/c1-15(17-8-7-16-5-3-4-6-18(16)13-17)22-21(23)14-24-19-9-11-20(25-2)12-10-19/h3-13,15H,14H2,1-2H3,(H,22,23)/t15-/m0/s1. The van der Waals surface area contributed by atoms with E-state index >= 15 is 0 Å². The van der Waals surface area contributed by atoms with Crippen LogP contribution in [0.1, 0.15) is 18.5 Å². The average Bonchev–Trinajstić information content (AvgIpc) is 2.66. The van der Waals surface area contributed by atoms with Gasteiger partial charge in [0, 0.05) is 4.90 Å². The maximum Gasteiger partial charge on any atom is 0.258 e. The van der Waals surface area contributed by atoms with Crippen molar-refractivity contribution >= 4 is 28.4 Å². The summed E-state index contributed by atoms with van der Waals surface area (Å²) >= 11 is 1.67. The van der Waals surface area contributed by atoms with Crippen LogP contribution in [0.3, 0.4) is 0 Å². The van der Waals surface area contributed by atoms with E-state index in [0.717, 1.165) is 5.56 Å². The predicted molar refractivity (Wildman–Crippen MR) is 104 cm³/mol. The van der Waals surface area contributed by atoms with Gasteiger partial charge in [-0.1, -0.05) is 36.4 Å². The third kappa shape index (κ3) is 4.54. The van der Waals surface area contributed by atoms with Crippen molar-refractivity contribution in [2.24, 2.45) is 0 Å². The van der Waals surface area contributed by atoms with Gasteiger partial charge in [-0.05, 0) is 59.8 Å². The van der Waals surface area contributed by atoms with Crippen molar-refractivity contribution in [1.82, 2.24) is 5.32 Å². The van der Waals surface area contributed by atoms with Gasteiger partial charge in [0.05, 0.1) is 6.04 Å². The van der Waals surface area contributed by atoms with Gasteiger partial charge in [0.2, 0.25) is 0 Å². The highest BCUT2D eigenvalue weighted by Crippen LogP contribution is 2.21. The van der Waals surface area contributed by atoms with Gasteiger partial charge in [0.15, 0.2) is 6.61 Å². The minimum absolute atomic E-state index is 0.0105. The number of benzene rings is 3. The number of thioether (sulfide) groups is 1. The fraction of sp³-hybridized carbons (Fsp3) is 0.190. The van der Waals surface area contributed by atoms with Crippen LogP contribution >= 0.6 is 11.8 Å². The minimum Gasteiger partial charge on any atom is -0.484 e. The molecule has 0 radical (unpaired) electrons. The van der Waals surface area contributed by atoms with Crippen LogP contribution in [-0.4, -0.2) is 18.8 Å². The summed E-state index contributed by atoms with van der Waals surface area (Å²) in [5.41, 5.74) is 1.08. The first-order chi connectivity index (χ1) is 12.2. The van der Waals surface area contributed by atoms with Crippen molar-refractivity contribution in [1.29, 1.82) is 0 Å². The summed E-state index contributed by atoms with van der Waals surface area (Å²) in [5.74, 6) is 0.570. The predicted octanol–water partition coefficient (Wildman–Crippen LogP) is 4.82. The molecule has 4 heteroatoms. The fourth-order valence-corrected chi connectivity index (χ4v) is 3.07. The molecule has 0 bridgehead atoms. The van der Waals surface area contributed by atoms with E-state index < -0.39 is 0 Å². The number of hydrogen-bond donors (Lipinski definition) is 1. The van der Waals surface area contributed by atoms with E-state index in [2.05, 4.69) is 35.6 Å². The van der Waals surface area contributed by atoms with Crippen LogP contribution in [0.15, 0.2) is 71.6 Å². The molecule has 0 fully saturated rings. The first kappa shape index (κ1) is 17.4. The Morgan fingerprint density at radius 2 is 1.76 bits per heavy atom. The van der Waals surface area contributed by atoms with Gasteiger partial charge in [-0.2, -0.15) is 0 Å². The van der Waals surface area contributed by atoms with Gasteiger partial charge in [0.25, 0.3) is 5.91 Å². The number of rotatable bonds is 6. The van der Waals surface area contributed by atoms with E-state index in [4.69, 9.17) is 4.74 Å². The minimum atomic E-state index is -0.130. The molecular formula is C21H21NO2S. The summed E-state index contributed by atoms with van der Waals surface area (Å²) < 4.78 is 5.55. The van der Waals surface area contributed by atoms with Crippen LogP contribution in [0, 0.1) is 0 Å². The van der Waals surface area contributed by atoms with Crippen LogP contribution in [0.4, 0.5) is 0 Å². The Morgan fingerprint density at radius 1 is 1.04 bits per heavy atom. The summed E-state index contributed by atoms with van der Waals surface area (Å²) in [4.78, 5) is 13.3. The normalized spacial score (nSPS) is 11.9. The van der Waals surface area contributed by atoms with Gasteiger partial charge in [-0.25, -0.2) is 0 Å². The smallest absolute Gasteiger partial charge is 0.258 e. The molecule has 3 aromatic carbocycles. The molecule has 0 aliphatic heterocycles. The lowest BCUT2D eigenvalue weighted by Crippen LogP contribution is -2.31. The Bertz CT molecular complexity index is 861. The quantitative estimate of drug-likeness (QED) is 0.647. The second-order valence-electron chi connectivity index (χ2n) is 5.86. The highest BCUT2D eigenvalue weighted by atomic mass is 32.2. The highest BCUT2D eigenvalue weighted by Gasteiger charge is 2.10. The van der Waals surface area contributed by atoms with E-state index in [-0.39, 0.29) is 18.6 Å². The molecule has 0 heterocycles. The Morgan fingerprint density at radius 3 is 2.48 bits per heavy atom. The van der Waals surface area contributed by atoms with Gasteiger partial charge in [0.1, 0.15) is 5.75 Å². The fourth-order valence-electron chi connectivity index (χ4n) is 2.66. The number of nitrogens with one attached hydrogen (secondary N) is 1. The van der Waals surface area contributed by atoms with Gasteiger partial charge >= 0.3 is 0 Å². The molecule has 0 saturated heterocycles. The molecule has 0 unspecified atom stereocenters. The van der Waals surface area contributed by atoms with E-state index in [1.807, 2.05) is 49.6 Å². The summed E-state index contributed by atoms with van der Waals surface area (Å²) in [7, 11) is 0. The van der Waals surface area contributed by atoms with Crippen molar-refractivity contribution in [3.63, 3.8) is 0 Å². The Labute approximate surface area is 152 Å². The number of fused-ring (bicyclic) bond motifs is 1. The van der Waals surface area contributed by atoms with Crippen LogP contribution in [0.2, 0.25) is 0 Å². The number of hydrogen-bond acceptors (Lipinski definition) is 3. The maximum atomic E-state index is 12.1. The molecule has 1 atom stereocenters. The van der Waals surface area contributed by atoms with Crippen molar-refractivity contribution in [3.8, 4) is 5.75 Å². The highest BCUT2D eigenvalue weighted by molar-refractivity contribution is 7.98. The number of carbonyl (C=O) groups is 1. The van der Waals surface area contributed by atoms with Gasteiger partial charge in [-0.3, -0.25) is 4.79 Å². The summed E-state index contributed by atoms with van der Waals surface area (Å²) in [5, 5.41) is 5.35. The first-order valence-corrected chi connectivity index (χ1v) is 9.43. The zero-order valence-electron chi connectivity index (χ0n) is 14.4. The molecule has 3 aromatic rings. The van der Waals surface area contributed by atoms with Crippen LogP contribution in [0.5, 0.6) is 5.75 Å². The molecule has 0 saturated carbocycles. The molecule has 0 aliphatic carbocycles.